The summed E-state index contributed by atoms with van der Waals surface area (Å²) in [5.74, 6) is 0. The van der Waals surface area contributed by atoms with Crippen LogP contribution in [-0.4, -0.2) is 4.98 Å². The van der Waals surface area contributed by atoms with Crippen LogP contribution < -0.4 is 0 Å². The number of rotatable bonds is 0. The highest BCUT2D eigenvalue weighted by Crippen LogP contribution is 2.30. The molecule has 0 bridgehead atoms. The standard InChI is InChI=1S/C18H19N/c1-12-15-7-5-13-11-14(18(2,3)4)6-8-16(13)17(15)9-10-19-12/h5-11H,1-4H3. The van der Waals surface area contributed by atoms with Crippen molar-refractivity contribution in [3.63, 3.8) is 0 Å². The third-order valence-corrected chi connectivity index (χ3v) is 3.83. The van der Waals surface area contributed by atoms with Crippen molar-refractivity contribution >= 4 is 21.5 Å². The zero-order chi connectivity index (χ0) is 13.6. The molecule has 0 atom stereocenters. The van der Waals surface area contributed by atoms with Gasteiger partial charge < -0.3 is 0 Å². The van der Waals surface area contributed by atoms with E-state index < -0.39 is 0 Å². The van der Waals surface area contributed by atoms with Crippen molar-refractivity contribution < 1.29 is 0 Å². The highest BCUT2D eigenvalue weighted by Gasteiger charge is 2.14. The molecule has 0 saturated heterocycles. The number of hydrogen-bond donors (Lipinski definition) is 0. The lowest BCUT2D eigenvalue weighted by molar-refractivity contribution is 0.591. The van der Waals surface area contributed by atoms with Crippen LogP contribution in [0.1, 0.15) is 32.0 Å². The predicted octanol–water partition coefficient (Wildman–Crippen LogP) is 4.99. The highest BCUT2D eigenvalue weighted by atomic mass is 14.7. The summed E-state index contributed by atoms with van der Waals surface area (Å²) in [6, 6.07) is 13.3. The summed E-state index contributed by atoms with van der Waals surface area (Å²) < 4.78 is 0. The van der Waals surface area contributed by atoms with Crippen LogP contribution in [0.5, 0.6) is 0 Å². The van der Waals surface area contributed by atoms with E-state index in [0.717, 1.165) is 5.69 Å². The molecule has 0 aliphatic carbocycles. The number of pyridine rings is 1. The number of hydrogen-bond acceptors (Lipinski definition) is 1. The summed E-state index contributed by atoms with van der Waals surface area (Å²) in [6.45, 7) is 8.83. The zero-order valence-corrected chi connectivity index (χ0v) is 12.0. The first-order valence-corrected chi connectivity index (χ1v) is 6.75. The van der Waals surface area contributed by atoms with Crippen molar-refractivity contribution in [3.8, 4) is 0 Å². The van der Waals surface area contributed by atoms with Crippen molar-refractivity contribution in [3.05, 3.63) is 53.9 Å². The van der Waals surface area contributed by atoms with Crippen LogP contribution in [0.15, 0.2) is 42.6 Å². The monoisotopic (exact) mass is 249 g/mol. The third-order valence-electron chi connectivity index (χ3n) is 3.83. The maximum absolute atomic E-state index is 4.37. The van der Waals surface area contributed by atoms with Crippen LogP contribution in [0.3, 0.4) is 0 Å². The normalized spacial score (nSPS) is 12.2. The molecule has 2 aromatic carbocycles. The Morgan fingerprint density at radius 3 is 2.32 bits per heavy atom. The molecule has 96 valence electrons. The van der Waals surface area contributed by atoms with E-state index in [2.05, 4.69) is 69.1 Å². The molecule has 0 radical (unpaired) electrons. The van der Waals surface area contributed by atoms with Gasteiger partial charge >= 0.3 is 0 Å². The van der Waals surface area contributed by atoms with Crippen LogP contribution in [0.2, 0.25) is 0 Å². The Hall–Kier alpha value is -1.89. The van der Waals surface area contributed by atoms with Gasteiger partial charge in [0.1, 0.15) is 0 Å². The van der Waals surface area contributed by atoms with Gasteiger partial charge in [0, 0.05) is 17.3 Å². The van der Waals surface area contributed by atoms with E-state index in [1.54, 1.807) is 0 Å². The molecule has 0 spiro atoms. The van der Waals surface area contributed by atoms with Gasteiger partial charge in [-0.2, -0.15) is 0 Å². The first-order valence-electron chi connectivity index (χ1n) is 6.75. The summed E-state index contributed by atoms with van der Waals surface area (Å²) in [7, 11) is 0. The second-order valence-corrected chi connectivity index (χ2v) is 6.24. The number of nitrogens with zero attached hydrogens (tertiary/aromatic N) is 1. The van der Waals surface area contributed by atoms with Crippen molar-refractivity contribution in [2.24, 2.45) is 0 Å². The zero-order valence-electron chi connectivity index (χ0n) is 12.0. The minimum Gasteiger partial charge on any atom is -0.261 e. The lowest BCUT2D eigenvalue weighted by Gasteiger charge is -2.19. The highest BCUT2D eigenvalue weighted by molar-refractivity contribution is 6.08. The molecular formula is C18H19N. The predicted molar refractivity (Wildman–Crippen MR) is 82.7 cm³/mol. The van der Waals surface area contributed by atoms with Gasteiger partial charge in [-0.25, -0.2) is 0 Å². The second kappa shape index (κ2) is 4.06. The van der Waals surface area contributed by atoms with Gasteiger partial charge in [-0.1, -0.05) is 51.1 Å². The minimum absolute atomic E-state index is 0.192. The van der Waals surface area contributed by atoms with Gasteiger partial charge in [-0.05, 0) is 40.1 Å². The lowest BCUT2D eigenvalue weighted by atomic mass is 9.85. The Bertz CT molecular complexity index is 764. The van der Waals surface area contributed by atoms with Gasteiger partial charge in [0.15, 0.2) is 0 Å². The smallest absolute Gasteiger partial charge is 0.0451 e. The molecular weight excluding hydrogens is 230 g/mol. The molecule has 0 fully saturated rings. The van der Waals surface area contributed by atoms with Crippen molar-refractivity contribution in [1.29, 1.82) is 0 Å². The molecule has 0 unspecified atom stereocenters. The topological polar surface area (TPSA) is 12.9 Å². The fraction of sp³-hybridized carbons (Fsp3) is 0.278. The number of fused-ring (bicyclic) bond motifs is 3. The van der Waals surface area contributed by atoms with E-state index in [4.69, 9.17) is 0 Å². The maximum atomic E-state index is 4.37. The Labute approximate surface area is 114 Å². The molecule has 0 aliphatic rings. The minimum atomic E-state index is 0.192. The first-order chi connectivity index (χ1) is 8.97. The van der Waals surface area contributed by atoms with Gasteiger partial charge in [0.05, 0.1) is 0 Å². The Kier molecular flexibility index (Phi) is 2.60. The molecule has 1 heteroatoms. The molecule has 19 heavy (non-hydrogen) atoms. The van der Waals surface area contributed by atoms with E-state index in [9.17, 15) is 0 Å². The lowest BCUT2D eigenvalue weighted by Crippen LogP contribution is -2.10. The van der Waals surface area contributed by atoms with Crippen LogP contribution in [0.25, 0.3) is 21.5 Å². The molecule has 1 aromatic heterocycles. The van der Waals surface area contributed by atoms with Gasteiger partial charge in [-0.15, -0.1) is 0 Å². The SMILES string of the molecule is Cc1nccc2c1ccc1cc(C(C)(C)C)ccc12. The Balaban J connectivity index is 2.36. The quantitative estimate of drug-likeness (QED) is 0.511. The molecule has 3 rings (SSSR count). The van der Waals surface area contributed by atoms with Crippen molar-refractivity contribution in [1.82, 2.24) is 4.98 Å². The van der Waals surface area contributed by atoms with E-state index in [1.807, 2.05) is 6.20 Å². The van der Waals surface area contributed by atoms with Gasteiger partial charge in [-0.3, -0.25) is 4.98 Å². The number of aromatic nitrogens is 1. The maximum Gasteiger partial charge on any atom is 0.0451 e. The third kappa shape index (κ3) is 1.99. The summed E-state index contributed by atoms with van der Waals surface area (Å²) in [5.41, 5.74) is 2.67. The summed E-state index contributed by atoms with van der Waals surface area (Å²) >= 11 is 0. The summed E-state index contributed by atoms with van der Waals surface area (Å²) in [6.07, 6.45) is 1.90. The van der Waals surface area contributed by atoms with Crippen LogP contribution >= 0.6 is 0 Å². The van der Waals surface area contributed by atoms with Crippen LogP contribution in [0, 0.1) is 6.92 Å². The van der Waals surface area contributed by atoms with Crippen LogP contribution in [-0.2, 0) is 5.41 Å². The molecule has 3 aromatic rings. The summed E-state index contributed by atoms with van der Waals surface area (Å²) in [4.78, 5) is 4.37. The second-order valence-electron chi connectivity index (χ2n) is 6.24. The summed E-state index contributed by atoms with van der Waals surface area (Å²) in [5, 5.41) is 5.17. The molecule has 0 saturated carbocycles. The van der Waals surface area contributed by atoms with E-state index in [0.29, 0.717) is 0 Å². The van der Waals surface area contributed by atoms with Gasteiger partial charge in [0.2, 0.25) is 0 Å². The molecule has 0 aliphatic heterocycles. The molecule has 0 N–H and O–H groups in total. The van der Waals surface area contributed by atoms with E-state index >= 15 is 0 Å². The van der Waals surface area contributed by atoms with Crippen LogP contribution in [0.4, 0.5) is 0 Å². The Morgan fingerprint density at radius 1 is 0.842 bits per heavy atom. The average Bonchev–Trinajstić information content (AvgIpc) is 2.37. The van der Waals surface area contributed by atoms with Crippen molar-refractivity contribution in [2.45, 2.75) is 33.1 Å². The van der Waals surface area contributed by atoms with E-state index in [1.165, 1.54) is 27.1 Å². The van der Waals surface area contributed by atoms with E-state index in [-0.39, 0.29) is 5.41 Å². The van der Waals surface area contributed by atoms with Crippen molar-refractivity contribution in [2.75, 3.05) is 0 Å². The molecule has 1 heterocycles. The largest absolute Gasteiger partial charge is 0.261 e. The fourth-order valence-corrected chi connectivity index (χ4v) is 2.61. The average molecular weight is 249 g/mol. The number of aryl methyl sites for hydroxylation is 1. The molecule has 0 amide bonds. The molecule has 1 nitrogen and oxygen atoms in total. The Morgan fingerprint density at radius 2 is 1.58 bits per heavy atom. The van der Waals surface area contributed by atoms with Gasteiger partial charge in [0.25, 0.3) is 0 Å². The first kappa shape index (κ1) is 12.2. The number of benzene rings is 2. The fourth-order valence-electron chi connectivity index (χ4n) is 2.61.